The third-order valence-electron chi connectivity index (χ3n) is 9.59. The Balaban J connectivity index is 1.18. The number of β-lactam (4-membered cyclic amide) rings is 1. The summed E-state index contributed by atoms with van der Waals surface area (Å²) in [6, 6.07) is 29.0. The predicted octanol–water partition coefficient (Wildman–Crippen LogP) is 5.45. The van der Waals surface area contributed by atoms with Crippen LogP contribution in [0.4, 0.5) is 5.13 Å². The SMILES string of the molecule is CC(=O)CC(=O)OCC1=C(C(=O)O)N2C(=O)[C@@H](NC(=O)C=NOC(C)(Cc3csc(NC(c4ccccc4)(c4ccccc4)c4ccccc4)n3)C(=O)OC(C)(C)C)[C@@H]2SC1. The number of thiazole rings is 1. The lowest BCUT2D eigenvalue weighted by Gasteiger charge is -2.49. The molecule has 1 aromatic heterocycles. The van der Waals surface area contributed by atoms with Crippen LogP contribution in [0.15, 0.2) is 113 Å². The first-order chi connectivity index (χ1) is 29.0. The zero-order chi connectivity index (χ0) is 44.0. The number of carbonyl (C=O) groups is 6. The molecule has 17 heteroatoms. The van der Waals surface area contributed by atoms with Gasteiger partial charge in [-0.05, 0) is 51.3 Å². The number of hydrogen-bond donors (Lipinski definition) is 3. The van der Waals surface area contributed by atoms with Gasteiger partial charge >= 0.3 is 17.9 Å². The summed E-state index contributed by atoms with van der Waals surface area (Å²) >= 11 is 2.51. The topological polar surface area (TPSA) is 203 Å². The molecule has 3 atom stereocenters. The molecule has 2 aliphatic heterocycles. The fraction of sp³-hybridized carbons (Fsp3) is 0.318. The molecule has 61 heavy (non-hydrogen) atoms. The molecule has 2 aliphatic rings. The number of nitrogens with zero attached hydrogens (tertiary/aromatic N) is 3. The summed E-state index contributed by atoms with van der Waals surface area (Å²) in [5, 5.41) is 21.6. The second-order valence-corrected chi connectivity index (χ2v) is 17.5. The van der Waals surface area contributed by atoms with Gasteiger partial charge in [0.05, 0.1) is 5.69 Å². The molecule has 0 radical (unpaired) electrons. The standard InChI is InChI=1S/C44H45N5O10S2/c1-27(50)21-34(52)57-24-28-25-60-38-35(37(53)49(38)36(28)39(54)55)47-33(51)23-45-59-43(5,40(56)58-42(2,3)4)22-32-26-61-41(46-32)48-44(29-15-9-6-10-16-29,30-17-11-7-12-18-30)31-19-13-8-14-20-31/h6-20,23,26,35,38H,21-22,24-25H2,1-5H3,(H,46,48)(H,47,51)(H,54,55)/t35-,38+,43?/m1/s1. The molecule has 1 fully saturated rings. The Morgan fingerprint density at radius 2 is 1.49 bits per heavy atom. The Labute approximate surface area is 360 Å². The largest absolute Gasteiger partial charge is 0.477 e. The number of Topliss-reactive ketones (excluding diaryl/α,β-unsaturated/α-hetero) is 1. The van der Waals surface area contributed by atoms with E-state index >= 15 is 0 Å². The summed E-state index contributed by atoms with van der Waals surface area (Å²) in [4.78, 5) is 86.9. The first kappa shape index (κ1) is 44.2. The molecule has 2 amide bonds. The first-order valence-electron chi connectivity index (χ1n) is 19.2. The minimum absolute atomic E-state index is 0.0842. The number of anilines is 1. The number of carbonyl (C=O) groups excluding carboxylic acids is 5. The smallest absolute Gasteiger partial charge is 0.354 e. The number of hydrogen-bond acceptors (Lipinski definition) is 14. The number of ether oxygens (including phenoxy) is 2. The van der Waals surface area contributed by atoms with Gasteiger partial charge in [0.25, 0.3) is 11.8 Å². The number of aromatic nitrogens is 1. The van der Waals surface area contributed by atoms with E-state index in [1.165, 1.54) is 25.2 Å². The van der Waals surface area contributed by atoms with E-state index in [2.05, 4.69) is 52.2 Å². The van der Waals surface area contributed by atoms with Gasteiger partial charge in [-0.2, -0.15) is 0 Å². The number of nitrogens with one attached hydrogen (secondary N) is 2. The molecule has 318 valence electrons. The summed E-state index contributed by atoms with van der Waals surface area (Å²) in [7, 11) is 0. The first-order valence-corrected chi connectivity index (χ1v) is 21.1. The molecule has 0 spiro atoms. The number of carboxylic acids is 1. The van der Waals surface area contributed by atoms with E-state index in [0.717, 1.165) is 39.6 Å². The maximum Gasteiger partial charge on any atom is 0.354 e. The minimum Gasteiger partial charge on any atom is -0.477 e. The average Bonchev–Trinajstić information content (AvgIpc) is 3.66. The molecule has 0 saturated carbocycles. The van der Waals surface area contributed by atoms with Crippen molar-refractivity contribution in [1.29, 1.82) is 0 Å². The highest BCUT2D eigenvalue weighted by Gasteiger charge is 2.54. The number of carboxylic acid groups (broad SMARTS) is 1. The Morgan fingerprint density at radius 3 is 2.02 bits per heavy atom. The van der Waals surface area contributed by atoms with Crippen LogP contribution < -0.4 is 10.6 Å². The van der Waals surface area contributed by atoms with Gasteiger partial charge in [0.1, 0.15) is 53.3 Å². The highest BCUT2D eigenvalue weighted by molar-refractivity contribution is 8.00. The van der Waals surface area contributed by atoms with Crippen LogP contribution in [0.2, 0.25) is 0 Å². The summed E-state index contributed by atoms with van der Waals surface area (Å²) in [6.45, 7) is 7.41. The van der Waals surface area contributed by atoms with E-state index in [1.807, 2.05) is 54.6 Å². The summed E-state index contributed by atoms with van der Waals surface area (Å²) in [5.41, 5.74) is -0.285. The molecule has 3 N–H and O–H groups in total. The van der Waals surface area contributed by atoms with E-state index in [1.54, 1.807) is 26.2 Å². The molecule has 0 bridgehead atoms. The quantitative estimate of drug-likeness (QED) is 0.0302. The van der Waals surface area contributed by atoms with Crippen LogP contribution in [0, 0.1) is 0 Å². The third-order valence-corrected chi connectivity index (χ3v) is 11.7. The van der Waals surface area contributed by atoms with Gasteiger partial charge in [-0.25, -0.2) is 14.6 Å². The highest BCUT2D eigenvalue weighted by atomic mass is 32.2. The van der Waals surface area contributed by atoms with E-state index in [0.29, 0.717) is 10.8 Å². The van der Waals surface area contributed by atoms with Crippen molar-refractivity contribution in [3.05, 3.63) is 130 Å². The third kappa shape index (κ3) is 10.2. The lowest BCUT2D eigenvalue weighted by Crippen LogP contribution is -2.70. The monoisotopic (exact) mass is 867 g/mol. The van der Waals surface area contributed by atoms with Crippen LogP contribution in [0.1, 0.15) is 63.4 Å². The zero-order valence-electron chi connectivity index (χ0n) is 34.1. The van der Waals surface area contributed by atoms with E-state index in [4.69, 9.17) is 19.3 Å². The summed E-state index contributed by atoms with van der Waals surface area (Å²) in [6.07, 6.45) is 0.217. The fourth-order valence-electron chi connectivity index (χ4n) is 6.86. The maximum absolute atomic E-state index is 13.7. The Morgan fingerprint density at radius 1 is 0.918 bits per heavy atom. The number of benzene rings is 3. The molecule has 1 saturated heterocycles. The maximum atomic E-state index is 13.7. The van der Waals surface area contributed by atoms with Gasteiger partial charge in [0.15, 0.2) is 5.13 Å². The fourth-order valence-corrected chi connectivity index (χ4v) is 8.95. The number of oxime groups is 1. The van der Waals surface area contributed by atoms with Gasteiger partial charge in [0, 0.05) is 23.1 Å². The van der Waals surface area contributed by atoms with E-state index in [-0.39, 0.29) is 23.4 Å². The van der Waals surface area contributed by atoms with Crippen molar-refractivity contribution in [2.45, 2.75) is 75.6 Å². The van der Waals surface area contributed by atoms with Crippen LogP contribution in [-0.2, 0) is 55.0 Å². The van der Waals surface area contributed by atoms with Crippen molar-refractivity contribution in [3.63, 3.8) is 0 Å². The van der Waals surface area contributed by atoms with Crippen LogP contribution in [-0.4, -0.2) is 91.7 Å². The molecule has 1 unspecified atom stereocenters. The molecular formula is C44H45N5O10S2. The number of fused-ring (bicyclic) bond motifs is 1. The summed E-state index contributed by atoms with van der Waals surface area (Å²) in [5.74, 6) is -4.86. The molecule has 6 rings (SSSR count). The van der Waals surface area contributed by atoms with E-state index < -0.39 is 76.7 Å². The predicted molar refractivity (Wildman–Crippen MR) is 228 cm³/mol. The van der Waals surface area contributed by atoms with Crippen molar-refractivity contribution < 1.29 is 48.2 Å². The number of esters is 2. The van der Waals surface area contributed by atoms with Crippen molar-refractivity contribution in [2.75, 3.05) is 17.7 Å². The van der Waals surface area contributed by atoms with Crippen molar-refractivity contribution in [3.8, 4) is 0 Å². The number of thioether (sulfide) groups is 1. The van der Waals surface area contributed by atoms with Gasteiger partial charge in [-0.3, -0.25) is 24.1 Å². The van der Waals surface area contributed by atoms with E-state index in [9.17, 15) is 33.9 Å². The normalized spacial score (nSPS) is 17.4. The molecule has 0 aliphatic carbocycles. The van der Waals surface area contributed by atoms with Crippen LogP contribution in [0.3, 0.4) is 0 Å². The van der Waals surface area contributed by atoms with Crippen molar-refractivity contribution in [1.82, 2.24) is 15.2 Å². The molecular weight excluding hydrogens is 823 g/mol. The Kier molecular flexibility index (Phi) is 13.4. The molecule has 3 heterocycles. The molecule has 15 nitrogen and oxygen atoms in total. The van der Waals surface area contributed by atoms with Gasteiger partial charge in [-0.15, -0.1) is 23.1 Å². The van der Waals surface area contributed by atoms with Crippen molar-refractivity contribution in [2.24, 2.45) is 5.16 Å². The average molecular weight is 868 g/mol. The Bertz CT molecular complexity index is 2250. The zero-order valence-corrected chi connectivity index (χ0v) is 35.7. The molecule has 4 aromatic rings. The van der Waals surface area contributed by atoms with Crippen LogP contribution in [0.25, 0.3) is 0 Å². The Hall–Kier alpha value is -6.33. The van der Waals surface area contributed by atoms with Gasteiger partial charge < -0.3 is 30.1 Å². The number of ketones is 1. The minimum atomic E-state index is -1.77. The van der Waals surface area contributed by atoms with Crippen LogP contribution >= 0.6 is 23.1 Å². The lowest BCUT2D eigenvalue weighted by atomic mass is 9.77. The second-order valence-electron chi connectivity index (χ2n) is 15.5. The second kappa shape index (κ2) is 18.5. The van der Waals surface area contributed by atoms with Crippen LogP contribution in [0.5, 0.6) is 0 Å². The number of aliphatic carboxylic acids is 1. The van der Waals surface area contributed by atoms with Gasteiger partial charge in [-0.1, -0.05) is 96.2 Å². The highest BCUT2D eigenvalue weighted by Crippen LogP contribution is 2.42. The summed E-state index contributed by atoms with van der Waals surface area (Å²) < 4.78 is 10.8. The van der Waals surface area contributed by atoms with Gasteiger partial charge in [0.2, 0.25) is 5.60 Å². The number of amides is 2. The number of rotatable bonds is 17. The molecule has 3 aromatic carbocycles. The van der Waals surface area contributed by atoms with Crippen molar-refractivity contribution >= 4 is 70.0 Å². The lowest BCUT2D eigenvalue weighted by molar-refractivity contribution is -0.182.